The third kappa shape index (κ3) is 1.48. The van der Waals surface area contributed by atoms with Crippen molar-refractivity contribution in [1.29, 1.82) is 0 Å². The molecule has 0 saturated carbocycles. The molecule has 0 atom stereocenters. The normalized spacial score (nSPS) is 11.4. The highest BCUT2D eigenvalue weighted by molar-refractivity contribution is 5.95. The second kappa shape index (κ2) is 3.80. The lowest BCUT2D eigenvalue weighted by atomic mass is 10.1. The van der Waals surface area contributed by atoms with Gasteiger partial charge in [0, 0.05) is 24.2 Å². The van der Waals surface area contributed by atoms with Gasteiger partial charge in [0.2, 0.25) is 5.95 Å². The van der Waals surface area contributed by atoms with E-state index in [4.69, 9.17) is 5.73 Å². The van der Waals surface area contributed by atoms with Gasteiger partial charge in [0.25, 0.3) is 0 Å². The number of nitrogens with zero attached hydrogens (tertiary/aromatic N) is 4. The highest BCUT2D eigenvalue weighted by atomic mass is 15.1. The van der Waals surface area contributed by atoms with Crippen LogP contribution >= 0.6 is 0 Å². The maximum Gasteiger partial charge on any atom is 0.220 e. The summed E-state index contributed by atoms with van der Waals surface area (Å²) in [6.07, 6.45) is 5.60. The highest BCUT2D eigenvalue weighted by Crippen LogP contribution is 2.30. The topological polar surface area (TPSA) is 85.4 Å². The first-order valence-electron chi connectivity index (χ1n) is 6.23. The van der Waals surface area contributed by atoms with E-state index < -0.39 is 0 Å². The fraction of sp³-hybridized carbons (Fsp3) is 0.0714. The Morgan fingerprint density at radius 1 is 1.25 bits per heavy atom. The number of rotatable bonds is 1. The van der Waals surface area contributed by atoms with Crippen molar-refractivity contribution in [3.8, 4) is 11.1 Å². The lowest BCUT2D eigenvalue weighted by Gasteiger charge is -2.00. The van der Waals surface area contributed by atoms with E-state index in [9.17, 15) is 0 Å². The molecule has 0 spiro atoms. The molecular weight excluding hydrogens is 252 g/mol. The van der Waals surface area contributed by atoms with Gasteiger partial charge in [0.1, 0.15) is 5.52 Å². The van der Waals surface area contributed by atoms with Gasteiger partial charge in [-0.05, 0) is 17.7 Å². The molecule has 3 N–H and O–H groups in total. The number of H-pyrrole nitrogens is 1. The molecule has 0 saturated heterocycles. The van der Waals surface area contributed by atoms with E-state index in [1.165, 1.54) is 0 Å². The minimum absolute atomic E-state index is 0.286. The summed E-state index contributed by atoms with van der Waals surface area (Å²) in [4.78, 5) is 8.41. The number of anilines is 1. The second-order valence-corrected chi connectivity index (χ2v) is 4.79. The first kappa shape index (κ1) is 11.0. The van der Waals surface area contributed by atoms with Crippen molar-refractivity contribution in [2.45, 2.75) is 0 Å². The van der Waals surface area contributed by atoms with Crippen LogP contribution in [-0.4, -0.2) is 24.7 Å². The third-order valence-electron chi connectivity index (χ3n) is 3.50. The third-order valence-corrected chi connectivity index (χ3v) is 3.50. The van der Waals surface area contributed by atoms with Gasteiger partial charge in [-0.15, -0.1) is 0 Å². The number of nitrogen functional groups attached to an aromatic ring is 1. The zero-order valence-electron chi connectivity index (χ0n) is 10.8. The molecule has 4 aromatic rings. The second-order valence-electron chi connectivity index (χ2n) is 4.79. The first-order valence-corrected chi connectivity index (χ1v) is 6.23. The molecule has 6 heteroatoms. The molecular formula is C14H12N6. The van der Waals surface area contributed by atoms with Gasteiger partial charge in [-0.3, -0.25) is 5.10 Å². The van der Waals surface area contributed by atoms with Gasteiger partial charge in [-0.25, -0.2) is 9.97 Å². The Hall–Kier alpha value is -2.89. The molecule has 0 fully saturated rings. The van der Waals surface area contributed by atoms with Gasteiger partial charge >= 0.3 is 0 Å². The van der Waals surface area contributed by atoms with Crippen molar-refractivity contribution in [3.63, 3.8) is 0 Å². The molecule has 3 aromatic heterocycles. The van der Waals surface area contributed by atoms with E-state index in [2.05, 4.69) is 26.2 Å². The Bertz CT molecular complexity index is 933. The first-order chi connectivity index (χ1) is 9.72. The van der Waals surface area contributed by atoms with Crippen molar-refractivity contribution in [2.75, 3.05) is 5.73 Å². The molecule has 0 bridgehead atoms. The van der Waals surface area contributed by atoms with Crippen LogP contribution in [0.1, 0.15) is 0 Å². The van der Waals surface area contributed by atoms with Crippen molar-refractivity contribution >= 4 is 27.9 Å². The van der Waals surface area contributed by atoms with Crippen molar-refractivity contribution < 1.29 is 0 Å². The number of hydrogen-bond acceptors (Lipinski definition) is 4. The predicted molar refractivity (Wildman–Crippen MR) is 78.0 cm³/mol. The Balaban J connectivity index is 2.03. The molecule has 0 aliphatic carbocycles. The zero-order chi connectivity index (χ0) is 13.7. The average molecular weight is 264 g/mol. The molecule has 0 aliphatic heterocycles. The fourth-order valence-corrected chi connectivity index (χ4v) is 2.49. The van der Waals surface area contributed by atoms with Crippen LogP contribution in [0.4, 0.5) is 5.95 Å². The lowest BCUT2D eigenvalue weighted by molar-refractivity contribution is 0.964. The summed E-state index contributed by atoms with van der Waals surface area (Å²) in [5, 5.41) is 8.06. The molecule has 6 nitrogen and oxygen atoms in total. The minimum Gasteiger partial charge on any atom is -0.368 e. The molecule has 98 valence electrons. The van der Waals surface area contributed by atoms with E-state index in [1.807, 2.05) is 36.1 Å². The zero-order valence-corrected chi connectivity index (χ0v) is 10.8. The van der Waals surface area contributed by atoms with Gasteiger partial charge in [0.15, 0.2) is 0 Å². The number of nitrogens with one attached hydrogen (secondary N) is 1. The summed E-state index contributed by atoms with van der Waals surface area (Å²) in [6.45, 7) is 0. The smallest absolute Gasteiger partial charge is 0.220 e. The van der Waals surface area contributed by atoms with E-state index >= 15 is 0 Å². The quantitative estimate of drug-likeness (QED) is 0.551. The molecule has 0 radical (unpaired) electrons. The van der Waals surface area contributed by atoms with Crippen LogP contribution < -0.4 is 5.73 Å². The number of aromatic amines is 1. The van der Waals surface area contributed by atoms with E-state index in [1.54, 1.807) is 6.20 Å². The molecule has 4 rings (SSSR count). The monoisotopic (exact) mass is 264 g/mol. The van der Waals surface area contributed by atoms with Crippen LogP contribution in [0.15, 0.2) is 36.8 Å². The number of fused-ring (bicyclic) bond motifs is 2. The summed E-state index contributed by atoms with van der Waals surface area (Å²) in [5.41, 5.74) is 10.7. The van der Waals surface area contributed by atoms with Gasteiger partial charge in [-0.1, -0.05) is 6.07 Å². The van der Waals surface area contributed by atoms with E-state index in [0.717, 1.165) is 33.1 Å². The minimum atomic E-state index is 0.286. The van der Waals surface area contributed by atoms with E-state index in [-0.39, 0.29) is 5.95 Å². The Morgan fingerprint density at radius 3 is 3.05 bits per heavy atom. The molecule has 3 heterocycles. The Labute approximate surface area is 114 Å². The van der Waals surface area contributed by atoms with Gasteiger partial charge < -0.3 is 10.3 Å². The summed E-state index contributed by atoms with van der Waals surface area (Å²) in [7, 11) is 1.97. The lowest BCUT2D eigenvalue weighted by Crippen LogP contribution is -1.94. The maximum atomic E-state index is 5.71. The van der Waals surface area contributed by atoms with Crippen LogP contribution in [0.25, 0.3) is 33.1 Å². The van der Waals surface area contributed by atoms with Crippen LogP contribution in [0, 0.1) is 0 Å². The Morgan fingerprint density at radius 2 is 2.15 bits per heavy atom. The number of benzene rings is 1. The number of aryl methyl sites for hydroxylation is 1. The SMILES string of the molecule is Cn1cc(-c2ccc3[nH]ncc3c2)c2nc(N)ncc21. The van der Waals surface area contributed by atoms with Crippen LogP contribution in [0.5, 0.6) is 0 Å². The number of hydrogen-bond donors (Lipinski definition) is 2. The predicted octanol–water partition coefficient (Wildman–Crippen LogP) is 2.09. The van der Waals surface area contributed by atoms with Crippen LogP contribution in [0.3, 0.4) is 0 Å². The number of aromatic nitrogens is 5. The highest BCUT2D eigenvalue weighted by Gasteiger charge is 2.11. The molecule has 20 heavy (non-hydrogen) atoms. The van der Waals surface area contributed by atoms with Gasteiger partial charge in [0.05, 0.1) is 23.4 Å². The molecule has 0 aliphatic rings. The van der Waals surface area contributed by atoms with Gasteiger partial charge in [-0.2, -0.15) is 5.10 Å². The molecule has 0 unspecified atom stereocenters. The molecule has 1 aromatic carbocycles. The standard InChI is InChI=1S/C14H12N6/c1-20-7-10(13-12(20)6-16-14(15)18-13)8-2-3-11-9(4-8)5-17-19-11/h2-7H,1H3,(H,17,19)(H2,15,16,18). The largest absolute Gasteiger partial charge is 0.368 e. The van der Waals surface area contributed by atoms with Crippen molar-refractivity contribution in [2.24, 2.45) is 7.05 Å². The number of nitrogens with two attached hydrogens (primary N) is 1. The maximum absolute atomic E-state index is 5.71. The molecule has 0 amide bonds. The summed E-state index contributed by atoms with van der Waals surface area (Å²) < 4.78 is 2.00. The fourth-order valence-electron chi connectivity index (χ4n) is 2.49. The summed E-state index contributed by atoms with van der Waals surface area (Å²) >= 11 is 0. The van der Waals surface area contributed by atoms with Crippen molar-refractivity contribution in [3.05, 3.63) is 36.8 Å². The Kier molecular flexibility index (Phi) is 2.09. The van der Waals surface area contributed by atoms with E-state index in [0.29, 0.717) is 0 Å². The summed E-state index contributed by atoms with van der Waals surface area (Å²) in [6, 6.07) is 6.15. The average Bonchev–Trinajstić information content (AvgIpc) is 3.02. The van der Waals surface area contributed by atoms with Crippen LogP contribution in [-0.2, 0) is 7.05 Å². The van der Waals surface area contributed by atoms with Crippen molar-refractivity contribution in [1.82, 2.24) is 24.7 Å². The van der Waals surface area contributed by atoms with Crippen LogP contribution in [0.2, 0.25) is 0 Å². The summed E-state index contributed by atoms with van der Waals surface area (Å²) in [5.74, 6) is 0.286.